The van der Waals surface area contributed by atoms with Gasteiger partial charge in [-0.25, -0.2) is 0 Å². The lowest BCUT2D eigenvalue weighted by molar-refractivity contribution is -0.137. The Morgan fingerprint density at radius 3 is 2.55 bits per heavy atom. The third-order valence-corrected chi connectivity index (χ3v) is 3.78. The van der Waals surface area contributed by atoms with Crippen LogP contribution in [0.4, 0.5) is 24.5 Å². The molecular weight excluding hydrogens is 267 g/mol. The van der Waals surface area contributed by atoms with E-state index in [1.807, 2.05) is 0 Å². The van der Waals surface area contributed by atoms with E-state index in [4.69, 9.17) is 5.73 Å². The number of nitrogens with zero attached hydrogens (tertiary/aromatic N) is 1. The molecule has 1 unspecified atom stereocenters. The Hall–Kier alpha value is -1.43. The molecule has 1 aromatic carbocycles. The summed E-state index contributed by atoms with van der Waals surface area (Å²) in [5.41, 5.74) is 5.63. The molecule has 1 atom stereocenters. The maximum atomic E-state index is 12.5. The summed E-state index contributed by atoms with van der Waals surface area (Å²) in [4.78, 5) is 2.28. The lowest BCUT2D eigenvalue weighted by Gasteiger charge is -2.25. The van der Waals surface area contributed by atoms with E-state index in [0.717, 1.165) is 12.1 Å². The minimum atomic E-state index is -4.36. The molecule has 112 valence electrons. The molecule has 3 N–H and O–H groups in total. The average molecular weight is 287 g/mol. The van der Waals surface area contributed by atoms with Crippen LogP contribution < -0.4 is 11.1 Å². The number of hydrogen-bond acceptors (Lipinski definition) is 3. The highest BCUT2D eigenvalue weighted by Gasteiger charge is 2.31. The third kappa shape index (κ3) is 3.56. The highest BCUT2D eigenvalue weighted by atomic mass is 19.4. The number of rotatable bonds is 5. The van der Waals surface area contributed by atoms with Gasteiger partial charge in [0.15, 0.2) is 0 Å². The van der Waals surface area contributed by atoms with Crippen molar-refractivity contribution in [1.29, 1.82) is 0 Å². The molecule has 0 aliphatic heterocycles. The van der Waals surface area contributed by atoms with Crippen LogP contribution in [0.15, 0.2) is 18.2 Å². The van der Waals surface area contributed by atoms with Crippen LogP contribution in [0.25, 0.3) is 0 Å². The summed E-state index contributed by atoms with van der Waals surface area (Å²) in [6, 6.07) is 4.37. The van der Waals surface area contributed by atoms with Crippen LogP contribution in [-0.2, 0) is 6.18 Å². The predicted molar refractivity (Wildman–Crippen MR) is 74.6 cm³/mol. The monoisotopic (exact) mass is 287 g/mol. The van der Waals surface area contributed by atoms with Crippen molar-refractivity contribution in [2.24, 2.45) is 0 Å². The van der Waals surface area contributed by atoms with Gasteiger partial charge in [0.2, 0.25) is 0 Å². The molecule has 1 aliphatic rings. The first-order chi connectivity index (χ1) is 9.29. The zero-order valence-corrected chi connectivity index (χ0v) is 11.7. The Labute approximate surface area is 116 Å². The number of nitrogen functional groups attached to an aromatic ring is 1. The van der Waals surface area contributed by atoms with Gasteiger partial charge in [0.05, 0.1) is 16.9 Å². The summed E-state index contributed by atoms with van der Waals surface area (Å²) in [7, 11) is 2.07. The Balaban J connectivity index is 1.96. The number of halogens is 3. The molecule has 1 fully saturated rings. The van der Waals surface area contributed by atoms with E-state index in [9.17, 15) is 13.2 Å². The number of nitrogens with one attached hydrogen (secondary N) is 1. The number of hydrogen-bond donors (Lipinski definition) is 2. The van der Waals surface area contributed by atoms with Gasteiger partial charge in [0.25, 0.3) is 0 Å². The molecule has 0 bridgehead atoms. The maximum Gasteiger partial charge on any atom is 0.416 e. The fourth-order valence-electron chi connectivity index (χ4n) is 2.14. The van der Waals surface area contributed by atoms with Gasteiger partial charge in [-0.05, 0) is 45.0 Å². The second-order valence-electron chi connectivity index (χ2n) is 5.43. The van der Waals surface area contributed by atoms with Crippen LogP contribution in [0.5, 0.6) is 0 Å². The highest BCUT2D eigenvalue weighted by molar-refractivity contribution is 5.67. The van der Waals surface area contributed by atoms with Gasteiger partial charge >= 0.3 is 6.18 Å². The van der Waals surface area contributed by atoms with Gasteiger partial charge in [-0.3, -0.25) is 4.90 Å². The van der Waals surface area contributed by atoms with Crippen LogP contribution in [-0.4, -0.2) is 30.6 Å². The Morgan fingerprint density at radius 2 is 2.05 bits per heavy atom. The van der Waals surface area contributed by atoms with E-state index in [2.05, 4.69) is 24.2 Å². The fourth-order valence-corrected chi connectivity index (χ4v) is 2.14. The van der Waals surface area contributed by atoms with E-state index in [0.29, 0.717) is 24.3 Å². The van der Waals surface area contributed by atoms with Gasteiger partial charge in [-0.1, -0.05) is 0 Å². The van der Waals surface area contributed by atoms with Gasteiger partial charge in [-0.15, -0.1) is 0 Å². The number of alkyl halides is 3. The van der Waals surface area contributed by atoms with E-state index in [1.165, 1.54) is 18.9 Å². The number of anilines is 2. The molecule has 6 heteroatoms. The molecule has 0 saturated heterocycles. The zero-order chi connectivity index (χ0) is 14.9. The number of nitrogens with two attached hydrogens (primary N) is 1. The summed E-state index contributed by atoms with van der Waals surface area (Å²) in [6.07, 6.45) is -1.90. The van der Waals surface area contributed by atoms with Crippen molar-refractivity contribution >= 4 is 11.4 Å². The summed E-state index contributed by atoms with van der Waals surface area (Å²) >= 11 is 0. The molecular formula is C14H20F3N3. The normalized spacial score (nSPS) is 17.3. The molecule has 1 aromatic rings. The van der Waals surface area contributed by atoms with Crippen molar-refractivity contribution in [2.75, 3.05) is 24.6 Å². The summed E-state index contributed by atoms with van der Waals surface area (Å²) < 4.78 is 37.6. The lowest BCUT2D eigenvalue weighted by atomic mass is 10.1. The number of likely N-dealkylation sites (N-methyl/N-ethyl adjacent to an activating group) is 1. The third-order valence-electron chi connectivity index (χ3n) is 3.78. The number of benzene rings is 1. The predicted octanol–water partition coefficient (Wildman–Crippen LogP) is 3.18. The van der Waals surface area contributed by atoms with Crippen molar-refractivity contribution in [1.82, 2.24) is 4.90 Å². The van der Waals surface area contributed by atoms with E-state index >= 15 is 0 Å². The first kappa shape index (κ1) is 15.0. The van der Waals surface area contributed by atoms with Crippen LogP contribution in [0.3, 0.4) is 0 Å². The molecule has 1 aliphatic carbocycles. The smallest absolute Gasteiger partial charge is 0.397 e. The summed E-state index contributed by atoms with van der Waals surface area (Å²) in [6.45, 7) is 2.74. The van der Waals surface area contributed by atoms with Crippen LogP contribution in [0.2, 0.25) is 0 Å². The Kier molecular flexibility index (Phi) is 4.13. The van der Waals surface area contributed by atoms with Crippen LogP contribution in [0, 0.1) is 0 Å². The minimum Gasteiger partial charge on any atom is -0.397 e. The zero-order valence-electron chi connectivity index (χ0n) is 11.7. The van der Waals surface area contributed by atoms with E-state index in [-0.39, 0.29) is 5.69 Å². The second kappa shape index (κ2) is 5.52. The van der Waals surface area contributed by atoms with Crippen molar-refractivity contribution < 1.29 is 13.2 Å². The molecule has 0 amide bonds. The quantitative estimate of drug-likeness (QED) is 0.817. The molecule has 20 heavy (non-hydrogen) atoms. The Bertz CT molecular complexity index is 469. The molecule has 2 rings (SSSR count). The van der Waals surface area contributed by atoms with Crippen LogP contribution in [0.1, 0.15) is 25.3 Å². The highest BCUT2D eigenvalue weighted by Crippen LogP contribution is 2.33. The lowest BCUT2D eigenvalue weighted by Crippen LogP contribution is -2.36. The van der Waals surface area contributed by atoms with Gasteiger partial charge < -0.3 is 11.1 Å². The molecule has 0 spiro atoms. The van der Waals surface area contributed by atoms with Crippen molar-refractivity contribution in [3.8, 4) is 0 Å². The largest absolute Gasteiger partial charge is 0.416 e. The first-order valence-electron chi connectivity index (χ1n) is 6.71. The molecule has 0 aromatic heterocycles. The molecule has 1 saturated carbocycles. The van der Waals surface area contributed by atoms with Crippen LogP contribution >= 0.6 is 0 Å². The molecule has 0 heterocycles. The van der Waals surface area contributed by atoms with Gasteiger partial charge in [0.1, 0.15) is 0 Å². The second-order valence-corrected chi connectivity index (χ2v) is 5.43. The topological polar surface area (TPSA) is 41.3 Å². The van der Waals surface area contributed by atoms with E-state index < -0.39 is 11.7 Å². The van der Waals surface area contributed by atoms with Crippen molar-refractivity contribution in [3.63, 3.8) is 0 Å². The summed E-state index contributed by atoms with van der Waals surface area (Å²) in [5.74, 6) is 0. The maximum absolute atomic E-state index is 12.5. The molecule has 0 radical (unpaired) electrons. The average Bonchev–Trinajstić information content (AvgIpc) is 3.19. The SMILES string of the molecule is CC(CNc1ccc(C(F)(F)F)cc1N)N(C)C1CC1. The fraction of sp³-hybridized carbons (Fsp3) is 0.571. The standard InChI is InChI=1S/C14H20F3N3/c1-9(20(2)11-4-5-11)8-19-13-6-3-10(7-12(13)18)14(15,16)17/h3,6-7,9,11,19H,4-5,8,18H2,1-2H3. The van der Waals surface area contributed by atoms with Crippen molar-refractivity contribution in [3.05, 3.63) is 23.8 Å². The van der Waals surface area contributed by atoms with Gasteiger partial charge in [0, 0.05) is 18.6 Å². The molecule has 3 nitrogen and oxygen atoms in total. The van der Waals surface area contributed by atoms with Gasteiger partial charge in [-0.2, -0.15) is 13.2 Å². The Morgan fingerprint density at radius 1 is 1.40 bits per heavy atom. The minimum absolute atomic E-state index is 0.126. The summed E-state index contributed by atoms with van der Waals surface area (Å²) in [5, 5.41) is 3.12. The van der Waals surface area contributed by atoms with E-state index in [1.54, 1.807) is 0 Å². The van der Waals surface area contributed by atoms with Crippen molar-refractivity contribution in [2.45, 2.75) is 38.0 Å². The first-order valence-corrected chi connectivity index (χ1v) is 6.71.